The fraction of sp³-hybridized carbons (Fsp3) is 0.600. The van der Waals surface area contributed by atoms with Crippen molar-refractivity contribution >= 4 is 38.6 Å². The van der Waals surface area contributed by atoms with Crippen LogP contribution in [-0.2, 0) is 14.8 Å². The van der Waals surface area contributed by atoms with Crippen LogP contribution < -0.4 is 4.72 Å². The Bertz CT molecular complexity index is 595. The highest BCUT2D eigenvalue weighted by molar-refractivity contribution is 7.91. The zero-order valence-corrected chi connectivity index (χ0v) is 12.8. The van der Waals surface area contributed by atoms with Gasteiger partial charge in [0.25, 0.3) is 5.69 Å². The summed E-state index contributed by atoms with van der Waals surface area (Å²) in [5.41, 5.74) is -0.388. The number of sulfonamides is 1. The second-order valence-electron chi connectivity index (χ2n) is 4.40. The summed E-state index contributed by atoms with van der Waals surface area (Å²) in [6.07, 6.45) is 1.61. The average molecular weight is 341 g/mol. The summed E-state index contributed by atoms with van der Waals surface area (Å²) in [6, 6.07) is 0.980. The molecule has 1 saturated heterocycles. The van der Waals surface area contributed by atoms with Crippen LogP contribution in [-0.4, -0.2) is 33.1 Å². The molecule has 7 nitrogen and oxygen atoms in total. The third-order valence-corrected chi connectivity index (χ3v) is 6.25. The largest absolute Gasteiger partial charge is 0.381 e. The predicted molar refractivity (Wildman–Crippen MR) is 74.7 cm³/mol. The standard InChI is InChI=1S/C10H13ClN2O5S2/c11-10-8(13(14)15)5-9(19-10)20(16,17)12-3-1-7-2-4-18-6-7/h5,7,12H,1-4,6H2. The first-order valence-electron chi connectivity index (χ1n) is 5.91. The molecule has 1 atom stereocenters. The molecule has 1 fully saturated rings. The highest BCUT2D eigenvalue weighted by Crippen LogP contribution is 2.36. The highest BCUT2D eigenvalue weighted by Gasteiger charge is 2.25. The molecule has 1 aromatic heterocycles. The van der Waals surface area contributed by atoms with Gasteiger partial charge >= 0.3 is 0 Å². The molecule has 0 bridgehead atoms. The summed E-state index contributed by atoms with van der Waals surface area (Å²) >= 11 is 6.33. The molecule has 1 N–H and O–H groups in total. The number of thiophene rings is 1. The Morgan fingerprint density at radius 2 is 2.35 bits per heavy atom. The van der Waals surface area contributed by atoms with Crippen molar-refractivity contribution < 1.29 is 18.1 Å². The lowest BCUT2D eigenvalue weighted by Crippen LogP contribution is -2.25. The first-order chi connectivity index (χ1) is 9.40. The first-order valence-corrected chi connectivity index (χ1v) is 8.59. The van der Waals surface area contributed by atoms with Gasteiger partial charge in [0.05, 0.1) is 4.92 Å². The van der Waals surface area contributed by atoms with Gasteiger partial charge in [-0.15, -0.1) is 11.3 Å². The van der Waals surface area contributed by atoms with Crippen molar-refractivity contribution in [3.63, 3.8) is 0 Å². The van der Waals surface area contributed by atoms with Gasteiger partial charge in [-0.05, 0) is 18.8 Å². The Kier molecular flexibility index (Phi) is 4.97. The fourth-order valence-corrected chi connectivity index (χ4v) is 4.63. The maximum atomic E-state index is 12.0. The zero-order chi connectivity index (χ0) is 14.8. The fourth-order valence-electron chi connectivity index (χ4n) is 1.87. The zero-order valence-electron chi connectivity index (χ0n) is 10.4. The summed E-state index contributed by atoms with van der Waals surface area (Å²) in [4.78, 5) is 9.95. The van der Waals surface area contributed by atoms with Crippen molar-refractivity contribution in [1.29, 1.82) is 0 Å². The van der Waals surface area contributed by atoms with E-state index in [0.29, 0.717) is 36.9 Å². The summed E-state index contributed by atoms with van der Waals surface area (Å²) in [5.74, 6) is 0.360. The van der Waals surface area contributed by atoms with Crippen molar-refractivity contribution in [1.82, 2.24) is 4.72 Å². The van der Waals surface area contributed by atoms with Gasteiger partial charge in [-0.3, -0.25) is 10.1 Å². The van der Waals surface area contributed by atoms with Gasteiger partial charge in [-0.25, -0.2) is 13.1 Å². The number of rotatable bonds is 6. The van der Waals surface area contributed by atoms with Crippen molar-refractivity contribution in [3.8, 4) is 0 Å². The first kappa shape index (κ1) is 15.6. The molecule has 112 valence electrons. The molecule has 0 aromatic carbocycles. The van der Waals surface area contributed by atoms with Gasteiger partial charge < -0.3 is 4.74 Å². The van der Waals surface area contributed by atoms with E-state index >= 15 is 0 Å². The van der Waals surface area contributed by atoms with E-state index in [1.165, 1.54) is 0 Å². The lowest BCUT2D eigenvalue weighted by atomic mass is 10.1. The van der Waals surface area contributed by atoms with Crippen molar-refractivity contribution in [3.05, 3.63) is 20.5 Å². The minimum Gasteiger partial charge on any atom is -0.381 e. The number of nitrogens with one attached hydrogen (secondary N) is 1. The average Bonchev–Trinajstić information content (AvgIpc) is 2.98. The van der Waals surface area contributed by atoms with Crippen LogP contribution in [0.15, 0.2) is 10.3 Å². The lowest BCUT2D eigenvalue weighted by Gasteiger charge is -2.08. The Labute approximate surface area is 125 Å². The maximum Gasteiger partial charge on any atom is 0.300 e. The van der Waals surface area contributed by atoms with Gasteiger partial charge in [0.15, 0.2) is 4.34 Å². The summed E-state index contributed by atoms with van der Waals surface area (Å²) < 4.78 is 31.3. The van der Waals surface area contributed by atoms with Crippen LogP contribution in [0.1, 0.15) is 12.8 Å². The Morgan fingerprint density at radius 1 is 1.60 bits per heavy atom. The number of ether oxygens (including phenoxy) is 1. The van der Waals surface area contributed by atoms with Crippen molar-refractivity contribution in [2.24, 2.45) is 5.92 Å². The number of nitro groups is 1. The van der Waals surface area contributed by atoms with E-state index < -0.39 is 14.9 Å². The van der Waals surface area contributed by atoms with Crippen LogP contribution in [0.3, 0.4) is 0 Å². The van der Waals surface area contributed by atoms with Gasteiger partial charge in [0.2, 0.25) is 10.0 Å². The Hall–Kier alpha value is -0.740. The molecule has 1 aromatic rings. The van der Waals surface area contributed by atoms with Crippen molar-refractivity contribution in [2.45, 2.75) is 17.1 Å². The minimum atomic E-state index is -3.75. The molecule has 1 unspecified atom stereocenters. The molecular weight excluding hydrogens is 328 g/mol. The van der Waals surface area contributed by atoms with Crippen LogP contribution in [0.5, 0.6) is 0 Å². The Balaban J connectivity index is 1.98. The third-order valence-electron chi connectivity index (χ3n) is 2.98. The second kappa shape index (κ2) is 6.35. The SMILES string of the molecule is O=[N+]([O-])c1cc(S(=O)(=O)NCCC2CCOC2)sc1Cl. The van der Waals surface area contributed by atoms with Crippen LogP contribution in [0, 0.1) is 16.0 Å². The Morgan fingerprint density at radius 3 is 2.90 bits per heavy atom. The minimum absolute atomic E-state index is 0.139. The van der Waals surface area contributed by atoms with Gasteiger partial charge in [-0.1, -0.05) is 11.6 Å². The third kappa shape index (κ3) is 3.67. The second-order valence-corrected chi connectivity index (χ2v) is 8.05. The number of nitrogens with zero attached hydrogens (tertiary/aromatic N) is 1. The van der Waals surface area contributed by atoms with Gasteiger partial charge in [0.1, 0.15) is 4.21 Å². The maximum absolute atomic E-state index is 12.0. The molecule has 1 aliphatic heterocycles. The highest BCUT2D eigenvalue weighted by atomic mass is 35.5. The molecule has 0 radical (unpaired) electrons. The summed E-state index contributed by atoms with van der Waals surface area (Å²) in [5, 5.41) is 10.6. The molecule has 20 heavy (non-hydrogen) atoms. The van der Waals surface area contributed by atoms with Crippen LogP contribution in [0.25, 0.3) is 0 Å². The molecule has 1 aliphatic rings. The van der Waals surface area contributed by atoms with Gasteiger partial charge in [-0.2, -0.15) is 0 Å². The number of hydrogen-bond donors (Lipinski definition) is 1. The molecule has 0 amide bonds. The monoisotopic (exact) mass is 340 g/mol. The van der Waals surface area contributed by atoms with E-state index in [1.807, 2.05) is 0 Å². The molecule has 2 heterocycles. The smallest absolute Gasteiger partial charge is 0.300 e. The van der Waals surface area contributed by atoms with E-state index in [-0.39, 0.29) is 20.8 Å². The molecular formula is C10H13ClN2O5S2. The van der Waals surface area contributed by atoms with E-state index in [2.05, 4.69) is 4.72 Å². The normalized spacial score (nSPS) is 19.4. The molecule has 0 saturated carbocycles. The van der Waals surface area contributed by atoms with Crippen LogP contribution >= 0.6 is 22.9 Å². The van der Waals surface area contributed by atoms with Crippen LogP contribution in [0.2, 0.25) is 4.34 Å². The molecule has 0 spiro atoms. The molecule has 2 rings (SSSR count). The van der Waals surface area contributed by atoms with Crippen molar-refractivity contribution in [2.75, 3.05) is 19.8 Å². The quantitative estimate of drug-likeness (QED) is 0.631. The van der Waals surface area contributed by atoms with Gasteiger partial charge in [0, 0.05) is 25.8 Å². The van der Waals surface area contributed by atoms with Crippen LogP contribution in [0.4, 0.5) is 5.69 Å². The van der Waals surface area contributed by atoms with E-state index in [9.17, 15) is 18.5 Å². The van der Waals surface area contributed by atoms with E-state index in [4.69, 9.17) is 16.3 Å². The topological polar surface area (TPSA) is 98.5 Å². The van der Waals surface area contributed by atoms with E-state index in [0.717, 1.165) is 12.5 Å². The molecule has 0 aliphatic carbocycles. The number of halogens is 1. The molecule has 10 heteroatoms. The van der Waals surface area contributed by atoms with E-state index in [1.54, 1.807) is 0 Å². The lowest BCUT2D eigenvalue weighted by molar-refractivity contribution is -0.384. The summed E-state index contributed by atoms with van der Waals surface area (Å²) in [7, 11) is -3.75. The predicted octanol–water partition coefficient (Wildman–Crippen LogP) is 2.01. The number of hydrogen-bond acceptors (Lipinski definition) is 6. The summed E-state index contributed by atoms with van der Waals surface area (Å²) in [6.45, 7) is 1.64.